The van der Waals surface area contributed by atoms with Gasteiger partial charge in [-0.05, 0) is 55.7 Å². The van der Waals surface area contributed by atoms with Crippen LogP contribution in [0.5, 0.6) is 5.75 Å². The van der Waals surface area contributed by atoms with Gasteiger partial charge < -0.3 is 14.7 Å². The summed E-state index contributed by atoms with van der Waals surface area (Å²) in [6, 6.07) is 7.12. The molecule has 0 spiro atoms. The Morgan fingerprint density at radius 3 is 2.58 bits per heavy atom. The molecule has 0 radical (unpaired) electrons. The van der Waals surface area contributed by atoms with Crippen molar-refractivity contribution in [2.45, 2.75) is 71.2 Å². The van der Waals surface area contributed by atoms with Crippen LogP contribution in [0.1, 0.15) is 59.8 Å². The van der Waals surface area contributed by atoms with Gasteiger partial charge in [-0.25, -0.2) is 0 Å². The molecule has 7 heteroatoms. The minimum atomic E-state index is -0.237. The number of carbonyl (C=O) groups excluding carboxylic acids is 1. The maximum Gasteiger partial charge on any atom is 0.168 e. The van der Waals surface area contributed by atoms with Crippen molar-refractivity contribution >= 4 is 34.9 Å². The fourth-order valence-corrected chi connectivity index (χ4v) is 4.84. The zero-order chi connectivity index (χ0) is 22.8. The summed E-state index contributed by atoms with van der Waals surface area (Å²) in [4.78, 5) is 18.4. The van der Waals surface area contributed by atoms with Crippen LogP contribution in [-0.4, -0.2) is 40.3 Å². The molecule has 3 unspecified atom stereocenters. The van der Waals surface area contributed by atoms with Gasteiger partial charge in [-0.1, -0.05) is 43.9 Å². The second-order valence-corrected chi connectivity index (χ2v) is 10.1. The number of ketones is 1. The largest absolute Gasteiger partial charge is 0.511 e. The molecule has 1 aromatic carbocycles. The fraction of sp³-hybridized carbons (Fsp3) is 0.583. The molecule has 1 N–H and O–H groups in total. The number of allylic oxidation sites excluding steroid dienone is 2. The van der Waals surface area contributed by atoms with Crippen molar-refractivity contribution in [1.82, 2.24) is 0 Å². The molecule has 0 fully saturated rings. The fourth-order valence-electron chi connectivity index (χ4n) is 3.74. The smallest absolute Gasteiger partial charge is 0.168 e. The van der Waals surface area contributed by atoms with Crippen LogP contribution in [0.15, 0.2) is 40.8 Å². The molecule has 0 amide bonds. The molecule has 0 saturated heterocycles. The zero-order valence-electron chi connectivity index (χ0n) is 18.9. The lowest BCUT2D eigenvalue weighted by Crippen LogP contribution is -2.26. The number of thioether (sulfide) groups is 1. The number of aliphatic hydroxyl groups is 1. The van der Waals surface area contributed by atoms with Crippen LogP contribution in [0.25, 0.3) is 0 Å². The van der Waals surface area contributed by atoms with E-state index in [0.717, 1.165) is 18.6 Å². The molecule has 1 aliphatic rings. The molecule has 5 nitrogen and oxygen atoms in total. The van der Waals surface area contributed by atoms with E-state index in [-0.39, 0.29) is 30.2 Å². The van der Waals surface area contributed by atoms with Crippen molar-refractivity contribution in [2.75, 3.05) is 12.4 Å². The van der Waals surface area contributed by atoms with Gasteiger partial charge in [0.25, 0.3) is 0 Å². The number of oxime groups is 1. The van der Waals surface area contributed by atoms with E-state index in [0.29, 0.717) is 46.6 Å². The molecule has 0 saturated carbocycles. The van der Waals surface area contributed by atoms with Crippen molar-refractivity contribution in [2.24, 2.45) is 11.1 Å². The lowest BCUT2D eigenvalue weighted by molar-refractivity contribution is -0.116. The van der Waals surface area contributed by atoms with E-state index in [1.165, 1.54) is 0 Å². The number of hydrogen-bond acceptors (Lipinski definition) is 6. The first-order chi connectivity index (χ1) is 14.8. The van der Waals surface area contributed by atoms with Gasteiger partial charge in [0.05, 0.1) is 11.3 Å². The third-order valence-electron chi connectivity index (χ3n) is 5.05. The Morgan fingerprint density at radius 1 is 1.26 bits per heavy atom. The van der Waals surface area contributed by atoms with Gasteiger partial charge in [0.2, 0.25) is 0 Å². The monoisotopic (exact) mass is 467 g/mol. The molecule has 1 aromatic rings. The van der Waals surface area contributed by atoms with E-state index in [9.17, 15) is 9.90 Å². The average Bonchev–Trinajstić information content (AvgIpc) is 2.69. The standard InChI is InChI=1S/C24H34ClNO4S/c1-5-7-21(26-29-15-16(3)30-20-10-8-19(25)9-11-20)24-22(27)13-18(14-23(24)28)12-17(4)31-6-2/h8-11,16-18,27H,5-7,12-15H2,1-4H3. The second-order valence-electron chi connectivity index (χ2n) is 7.99. The summed E-state index contributed by atoms with van der Waals surface area (Å²) in [5.74, 6) is 2.05. The number of ether oxygens (including phenoxy) is 1. The first-order valence-electron chi connectivity index (χ1n) is 11.0. The van der Waals surface area contributed by atoms with Crippen LogP contribution in [0.4, 0.5) is 0 Å². The Morgan fingerprint density at radius 2 is 1.97 bits per heavy atom. The van der Waals surface area contributed by atoms with Crippen LogP contribution < -0.4 is 4.74 Å². The van der Waals surface area contributed by atoms with Crippen molar-refractivity contribution < 1.29 is 19.5 Å². The normalized spacial score (nSPS) is 19.3. The molecular weight excluding hydrogens is 434 g/mol. The first-order valence-corrected chi connectivity index (χ1v) is 12.4. The number of nitrogens with zero attached hydrogens (tertiary/aromatic N) is 1. The Bertz CT molecular complexity index is 778. The molecule has 1 aliphatic carbocycles. The number of halogens is 1. The highest BCUT2D eigenvalue weighted by Crippen LogP contribution is 2.32. The van der Waals surface area contributed by atoms with Crippen LogP contribution >= 0.6 is 23.4 Å². The molecule has 2 rings (SSSR count). The molecule has 3 atom stereocenters. The van der Waals surface area contributed by atoms with Gasteiger partial charge in [0.1, 0.15) is 17.6 Å². The molecular formula is C24H34ClNO4S. The van der Waals surface area contributed by atoms with E-state index in [1.807, 2.05) is 25.6 Å². The van der Waals surface area contributed by atoms with Crippen LogP contribution in [0.3, 0.4) is 0 Å². The molecule has 0 aliphatic heterocycles. The lowest BCUT2D eigenvalue weighted by Gasteiger charge is -2.26. The highest BCUT2D eigenvalue weighted by atomic mass is 35.5. The molecule has 172 valence electrons. The van der Waals surface area contributed by atoms with Crippen molar-refractivity contribution in [3.8, 4) is 5.75 Å². The number of benzene rings is 1. The van der Waals surface area contributed by atoms with Crippen LogP contribution in [0.2, 0.25) is 5.02 Å². The summed E-state index contributed by atoms with van der Waals surface area (Å²) in [6.07, 6.45) is 3.04. The Hall–Kier alpha value is -1.66. The molecule has 31 heavy (non-hydrogen) atoms. The van der Waals surface area contributed by atoms with Crippen LogP contribution in [-0.2, 0) is 9.63 Å². The minimum Gasteiger partial charge on any atom is -0.511 e. The number of Topliss-reactive ketones (excluding diaryl/α,β-unsaturated/α-hetero) is 1. The van der Waals surface area contributed by atoms with Crippen molar-refractivity contribution in [3.05, 3.63) is 40.6 Å². The molecule has 0 aromatic heterocycles. The van der Waals surface area contributed by atoms with Crippen molar-refractivity contribution in [1.29, 1.82) is 0 Å². The van der Waals surface area contributed by atoms with Crippen LogP contribution in [0, 0.1) is 5.92 Å². The van der Waals surface area contributed by atoms with E-state index >= 15 is 0 Å². The van der Waals surface area contributed by atoms with Gasteiger partial charge in [0, 0.05) is 23.1 Å². The van der Waals surface area contributed by atoms with E-state index in [4.69, 9.17) is 21.2 Å². The Kier molecular flexibility index (Phi) is 10.7. The molecule has 0 heterocycles. The first kappa shape index (κ1) is 25.6. The lowest BCUT2D eigenvalue weighted by atomic mass is 9.82. The summed E-state index contributed by atoms with van der Waals surface area (Å²) in [5, 5.41) is 16.0. The van der Waals surface area contributed by atoms with Gasteiger partial charge in [-0.15, -0.1) is 0 Å². The summed E-state index contributed by atoms with van der Waals surface area (Å²) < 4.78 is 5.79. The number of hydrogen-bond donors (Lipinski definition) is 1. The predicted molar refractivity (Wildman–Crippen MR) is 129 cm³/mol. The quantitative estimate of drug-likeness (QED) is 0.277. The maximum absolute atomic E-state index is 12.8. The zero-order valence-corrected chi connectivity index (χ0v) is 20.5. The summed E-state index contributed by atoms with van der Waals surface area (Å²) in [6.45, 7) is 8.44. The SMILES string of the molecule is CCCC(=NOCC(C)Oc1ccc(Cl)cc1)C1=C(O)CC(CC(C)SCC)CC1=O. The van der Waals surface area contributed by atoms with E-state index < -0.39 is 0 Å². The Balaban J connectivity index is 2.00. The van der Waals surface area contributed by atoms with E-state index in [2.05, 4.69) is 19.0 Å². The number of rotatable bonds is 12. The third-order valence-corrected chi connectivity index (χ3v) is 6.40. The summed E-state index contributed by atoms with van der Waals surface area (Å²) in [7, 11) is 0. The minimum absolute atomic E-state index is 0.0382. The third kappa shape index (κ3) is 8.41. The topological polar surface area (TPSA) is 68.1 Å². The highest BCUT2D eigenvalue weighted by Gasteiger charge is 2.31. The summed E-state index contributed by atoms with van der Waals surface area (Å²) >= 11 is 7.78. The average molecular weight is 468 g/mol. The molecule has 0 bridgehead atoms. The highest BCUT2D eigenvalue weighted by molar-refractivity contribution is 7.99. The van der Waals surface area contributed by atoms with Gasteiger partial charge in [0.15, 0.2) is 12.4 Å². The second kappa shape index (κ2) is 13.0. The Labute approximate surface area is 195 Å². The van der Waals surface area contributed by atoms with E-state index in [1.54, 1.807) is 24.3 Å². The maximum atomic E-state index is 12.8. The number of carbonyl (C=O) groups is 1. The van der Waals surface area contributed by atoms with Gasteiger partial charge >= 0.3 is 0 Å². The summed E-state index contributed by atoms with van der Waals surface area (Å²) in [5.41, 5.74) is 0.873. The van der Waals surface area contributed by atoms with Gasteiger partial charge in [-0.2, -0.15) is 11.8 Å². The van der Waals surface area contributed by atoms with Crippen molar-refractivity contribution in [3.63, 3.8) is 0 Å². The number of aliphatic hydroxyl groups excluding tert-OH is 1. The van der Waals surface area contributed by atoms with Gasteiger partial charge in [-0.3, -0.25) is 4.79 Å². The predicted octanol–water partition coefficient (Wildman–Crippen LogP) is 6.60.